The number of hydrogen-bond acceptors (Lipinski definition) is 4. The molecule has 2 amide bonds. The summed E-state index contributed by atoms with van der Waals surface area (Å²) >= 11 is 0. The summed E-state index contributed by atoms with van der Waals surface area (Å²) in [5.41, 5.74) is 0.321. The van der Waals surface area contributed by atoms with E-state index in [4.69, 9.17) is 0 Å². The average molecular weight is 587 g/mol. The molecule has 0 fully saturated rings. The quantitative estimate of drug-likeness (QED) is 0.366. The number of rotatable bonds is 11. The molecule has 0 saturated heterocycles. The van der Waals surface area contributed by atoms with E-state index in [1.165, 1.54) is 49.3 Å². The highest BCUT2D eigenvalue weighted by Crippen LogP contribution is 2.23. The van der Waals surface area contributed by atoms with Crippen LogP contribution in [-0.4, -0.2) is 61.7 Å². The van der Waals surface area contributed by atoms with Crippen LogP contribution in [0.2, 0.25) is 0 Å². The third-order valence-electron chi connectivity index (χ3n) is 6.20. The Kier molecular flexibility index (Phi) is 10.2. The van der Waals surface area contributed by atoms with Gasteiger partial charge in [0.05, 0.1) is 5.69 Å². The van der Waals surface area contributed by atoms with Crippen molar-refractivity contribution in [2.24, 2.45) is 0 Å². The molecule has 1 N–H and O–H groups in total. The lowest BCUT2D eigenvalue weighted by molar-refractivity contribution is -0.140. The molecule has 0 aliphatic rings. The van der Waals surface area contributed by atoms with E-state index in [1.807, 2.05) is 18.2 Å². The molecule has 1 unspecified atom stereocenters. The lowest BCUT2D eigenvalue weighted by Gasteiger charge is -2.35. The molecule has 0 spiro atoms. The molecule has 0 saturated carbocycles. The summed E-state index contributed by atoms with van der Waals surface area (Å²) in [5, 5.41) is 2.91. The molecule has 0 aliphatic carbocycles. The van der Waals surface area contributed by atoms with Gasteiger partial charge in [0.1, 0.15) is 24.2 Å². The Labute approximate surface area is 240 Å². The summed E-state index contributed by atoms with van der Waals surface area (Å²) in [7, 11) is -1.61. The maximum Gasteiger partial charge on any atom is 0.304 e. The van der Waals surface area contributed by atoms with Crippen molar-refractivity contribution in [3.63, 3.8) is 0 Å². The molecule has 41 heavy (non-hydrogen) atoms. The molecular weight excluding hydrogens is 550 g/mol. The zero-order valence-corrected chi connectivity index (χ0v) is 24.7. The Morgan fingerprint density at radius 2 is 1.46 bits per heavy atom. The smallest absolute Gasteiger partial charge is 0.304 e. The molecule has 11 heteroatoms. The van der Waals surface area contributed by atoms with Gasteiger partial charge in [-0.1, -0.05) is 48.5 Å². The SMILES string of the molecule is CN(C)S(=O)(=O)N(CC(=O)N(Cc1ccccc1F)C(Cc1ccccc1)C(=O)NC(C)(C)C)c1ccc(F)cc1. The largest absolute Gasteiger partial charge is 0.350 e. The van der Waals surface area contributed by atoms with Crippen LogP contribution in [0.25, 0.3) is 0 Å². The van der Waals surface area contributed by atoms with Crippen LogP contribution in [0.5, 0.6) is 0 Å². The summed E-state index contributed by atoms with van der Waals surface area (Å²) in [6.07, 6.45) is 0.0971. The molecule has 8 nitrogen and oxygen atoms in total. The average Bonchev–Trinajstić information content (AvgIpc) is 2.90. The summed E-state index contributed by atoms with van der Waals surface area (Å²) < 4.78 is 56.9. The minimum atomic E-state index is -4.23. The van der Waals surface area contributed by atoms with Gasteiger partial charge in [0.2, 0.25) is 11.8 Å². The molecule has 0 aromatic heterocycles. The Hall–Kier alpha value is -3.83. The number of nitrogens with zero attached hydrogens (tertiary/aromatic N) is 3. The Bertz CT molecular complexity index is 1440. The van der Waals surface area contributed by atoms with E-state index >= 15 is 0 Å². The van der Waals surface area contributed by atoms with Gasteiger partial charge in [-0.2, -0.15) is 12.7 Å². The fourth-order valence-corrected chi connectivity index (χ4v) is 5.20. The van der Waals surface area contributed by atoms with Crippen LogP contribution >= 0.6 is 0 Å². The molecule has 0 bridgehead atoms. The van der Waals surface area contributed by atoms with Gasteiger partial charge < -0.3 is 10.2 Å². The van der Waals surface area contributed by atoms with Gasteiger partial charge in [-0.25, -0.2) is 13.1 Å². The number of benzene rings is 3. The van der Waals surface area contributed by atoms with Crippen molar-refractivity contribution in [2.75, 3.05) is 24.9 Å². The van der Waals surface area contributed by atoms with Crippen molar-refractivity contribution in [3.05, 3.63) is 102 Å². The highest BCUT2D eigenvalue weighted by Gasteiger charge is 2.36. The van der Waals surface area contributed by atoms with E-state index in [0.29, 0.717) is 0 Å². The maximum atomic E-state index is 14.8. The van der Waals surface area contributed by atoms with Crippen LogP contribution < -0.4 is 9.62 Å². The Balaban J connectivity index is 2.12. The second kappa shape index (κ2) is 13.2. The molecule has 0 aliphatic heterocycles. The fourth-order valence-electron chi connectivity index (χ4n) is 4.14. The van der Waals surface area contributed by atoms with Crippen molar-refractivity contribution < 1.29 is 26.8 Å². The highest BCUT2D eigenvalue weighted by atomic mass is 32.2. The van der Waals surface area contributed by atoms with E-state index in [9.17, 15) is 26.8 Å². The lowest BCUT2D eigenvalue weighted by Crippen LogP contribution is -2.56. The van der Waals surface area contributed by atoms with Crippen LogP contribution in [0.4, 0.5) is 14.5 Å². The first-order valence-electron chi connectivity index (χ1n) is 13.0. The number of anilines is 1. The molecule has 0 heterocycles. The standard InChI is InChI=1S/C30H36F2N4O4S/c1-30(2,3)33-29(38)27(19-22-11-7-6-8-12-22)35(20-23-13-9-10-14-26(23)32)28(37)21-36(41(39,40)34(4)5)25-17-15-24(31)16-18-25/h6-18,27H,19-21H2,1-5H3,(H,33,38). The van der Waals surface area contributed by atoms with Gasteiger partial charge >= 0.3 is 10.2 Å². The van der Waals surface area contributed by atoms with Crippen molar-refractivity contribution in [1.82, 2.24) is 14.5 Å². The third-order valence-corrected chi connectivity index (χ3v) is 8.02. The van der Waals surface area contributed by atoms with E-state index in [-0.39, 0.29) is 24.2 Å². The Morgan fingerprint density at radius 3 is 2.02 bits per heavy atom. The van der Waals surface area contributed by atoms with Gasteiger partial charge in [-0.05, 0) is 56.7 Å². The second-order valence-electron chi connectivity index (χ2n) is 10.8. The summed E-state index contributed by atoms with van der Waals surface area (Å²) in [6.45, 7) is 4.39. The zero-order chi connectivity index (χ0) is 30.4. The molecular formula is C30H36F2N4O4S. The van der Waals surface area contributed by atoms with E-state index in [1.54, 1.807) is 39.0 Å². The van der Waals surface area contributed by atoms with Crippen LogP contribution in [0.1, 0.15) is 31.9 Å². The van der Waals surface area contributed by atoms with Gasteiger partial charge in [-0.15, -0.1) is 0 Å². The summed E-state index contributed by atoms with van der Waals surface area (Å²) in [6, 6.07) is 18.5. The minimum absolute atomic E-state index is 0.0537. The number of amides is 2. The number of carbonyl (C=O) groups excluding carboxylic acids is 2. The molecule has 0 radical (unpaired) electrons. The first kappa shape index (κ1) is 31.7. The number of halogens is 2. The maximum absolute atomic E-state index is 14.8. The summed E-state index contributed by atoms with van der Waals surface area (Å²) in [4.78, 5) is 29.0. The predicted molar refractivity (Wildman–Crippen MR) is 155 cm³/mol. The van der Waals surface area contributed by atoms with Gasteiger partial charge in [0.15, 0.2) is 0 Å². The molecule has 1 atom stereocenters. The van der Waals surface area contributed by atoms with Gasteiger partial charge in [0.25, 0.3) is 0 Å². The first-order valence-corrected chi connectivity index (χ1v) is 14.4. The molecule has 3 aromatic carbocycles. The third kappa shape index (κ3) is 8.58. The molecule has 3 rings (SSSR count). The van der Waals surface area contributed by atoms with E-state index in [0.717, 1.165) is 26.3 Å². The van der Waals surface area contributed by atoms with Gasteiger partial charge in [0, 0.05) is 38.2 Å². The van der Waals surface area contributed by atoms with Crippen molar-refractivity contribution >= 4 is 27.7 Å². The number of nitrogens with one attached hydrogen (secondary N) is 1. The monoisotopic (exact) mass is 586 g/mol. The Morgan fingerprint density at radius 1 is 0.878 bits per heavy atom. The van der Waals surface area contributed by atoms with Crippen LogP contribution in [0.3, 0.4) is 0 Å². The van der Waals surface area contributed by atoms with Crippen molar-refractivity contribution in [3.8, 4) is 0 Å². The second-order valence-corrected chi connectivity index (χ2v) is 12.9. The van der Waals surface area contributed by atoms with Crippen LogP contribution in [-0.2, 0) is 32.8 Å². The fraction of sp³-hybridized carbons (Fsp3) is 0.333. The van der Waals surface area contributed by atoms with Crippen LogP contribution in [0, 0.1) is 11.6 Å². The van der Waals surface area contributed by atoms with E-state index < -0.39 is 51.8 Å². The topological polar surface area (TPSA) is 90.0 Å². The lowest BCUT2D eigenvalue weighted by atomic mass is 10.0. The van der Waals surface area contributed by atoms with E-state index in [2.05, 4.69) is 5.32 Å². The highest BCUT2D eigenvalue weighted by molar-refractivity contribution is 7.90. The van der Waals surface area contributed by atoms with Crippen LogP contribution in [0.15, 0.2) is 78.9 Å². The summed E-state index contributed by atoms with van der Waals surface area (Å²) in [5.74, 6) is -2.37. The number of hydrogen-bond donors (Lipinski definition) is 1. The van der Waals surface area contributed by atoms with Crippen molar-refractivity contribution in [2.45, 2.75) is 45.3 Å². The van der Waals surface area contributed by atoms with Gasteiger partial charge in [-0.3, -0.25) is 9.59 Å². The zero-order valence-electron chi connectivity index (χ0n) is 23.8. The van der Waals surface area contributed by atoms with Crippen molar-refractivity contribution in [1.29, 1.82) is 0 Å². The molecule has 3 aromatic rings. The minimum Gasteiger partial charge on any atom is -0.350 e. The number of carbonyl (C=O) groups is 2. The first-order chi connectivity index (χ1) is 19.2. The molecule has 220 valence electrons. The predicted octanol–water partition coefficient (Wildman–Crippen LogP) is 4.13. The normalized spacial score (nSPS) is 12.6.